The second-order valence-electron chi connectivity index (χ2n) is 26.6. The molecule has 0 aromatic heterocycles. The fourth-order valence-corrected chi connectivity index (χ4v) is 16.1. The molecule has 8 N–H and O–H groups in total. The number of hydrogen-bond donors (Lipinski definition) is 7. The second-order valence-corrected chi connectivity index (χ2v) is 26.6. The first-order valence-electron chi connectivity index (χ1n) is 26.5. The molecule has 21 saturated carbocycles. The average molecular weight is 981 g/mol. The van der Waals surface area contributed by atoms with Gasteiger partial charge in [-0.2, -0.15) is 0 Å². The van der Waals surface area contributed by atoms with Crippen molar-refractivity contribution in [1.29, 1.82) is 0 Å². The smallest absolute Gasteiger partial charge is 0.219 e. The minimum absolute atomic E-state index is 0.000579. The van der Waals surface area contributed by atoms with Crippen LogP contribution in [0, 0.1) is 17.3 Å². The molecule has 21 aliphatic carbocycles. The third kappa shape index (κ3) is 10.3. The van der Waals surface area contributed by atoms with E-state index in [1.807, 2.05) is 27.8 Å². The summed E-state index contributed by atoms with van der Waals surface area (Å²) in [4.78, 5) is 55.5. The van der Waals surface area contributed by atoms with Crippen molar-refractivity contribution >= 4 is 29.5 Å². The van der Waals surface area contributed by atoms with Crippen LogP contribution < -0.4 is 27.0 Å². The highest BCUT2D eigenvalue weighted by Gasteiger charge is 2.72. The first-order chi connectivity index (χ1) is 32.2. The van der Waals surface area contributed by atoms with E-state index < -0.39 is 11.2 Å². The number of ether oxygens (including phenoxy) is 3. The quantitative estimate of drug-likeness (QED) is 0.132. The van der Waals surface area contributed by atoms with Crippen molar-refractivity contribution in [2.75, 3.05) is 20.3 Å². The minimum Gasteiger partial charge on any atom is -0.492 e. The van der Waals surface area contributed by atoms with Crippen LogP contribution in [0.5, 0.6) is 0 Å². The number of nitrogens with two attached hydrogens (primary N) is 1. The number of allylic oxidation sites excluding steroid dienone is 1. The lowest BCUT2D eigenvalue weighted by molar-refractivity contribution is -0.257. The SMILES string of the molecule is C=C(C)OC12CC(NC(C)=O)(C1)C2.CC(=O)N(C)C12CC(O)(C1)C2.CC(=O)NC12CC(C1)C2.CC(=O)NC12CC(O)(C1)C2.CC12CC(C1)C2.CCOC12CC(N)(C1)C2.CCOC12CC(NC(C)=O)(C1)C2. The number of carbonyl (C=O) groups is 5. The summed E-state index contributed by atoms with van der Waals surface area (Å²) in [5.41, 5.74) is 7.05. The molecule has 70 heavy (non-hydrogen) atoms. The maximum absolute atomic E-state index is 11.0. The topological polar surface area (TPSA) is 231 Å². The van der Waals surface area contributed by atoms with E-state index in [1.165, 1.54) is 32.1 Å². The molecule has 5 amide bonds. The number of hydrogen-bond acceptors (Lipinski definition) is 11. The fourth-order valence-electron chi connectivity index (χ4n) is 16.1. The molecular weight excluding hydrogens is 893 g/mol. The second kappa shape index (κ2) is 17.4. The molecule has 14 bridgehead atoms. The van der Waals surface area contributed by atoms with Crippen LogP contribution in [0.2, 0.25) is 0 Å². The predicted molar refractivity (Wildman–Crippen MR) is 264 cm³/mol. The van der Waals surface area contributed by atoms with Crippen LogP contribution in [0.4, 0.5) is 0 Å². The minimum atomic E-state index is -0.400. The van der Waals surface area contributed by atoms with Crippen LogP contribution in [0.15, 0.2) is 12.3 Å². The number of amides is 5. The van der Waals surface area contributed by atoms with Crippen LogP contribution in [0.3, 0.4) is 0 Å². The van der Waals surface area contributed by atoms with Gasteiger partial charge in [0.25, 0.3) is 0 Å². The molecule has 0 aromatic rings. The summed E-state index contributed by atoms with van der Waals surface area (Å²) in [7, 11) is 1.82. The molecule has 21 rings (SSSR count). The first kappa shape index (κ1) is 53.0. The van der Waals surface area contributed by atoms with Crippen molar-refractivity contribution < 1.29 is 48.4 Å². The Kier molecular flexibility index (Phi) is 13.2. The van der Waals surface area contributed by atoms with E-state index in [0.29, 0.717) is 0 Å². The van der Waals surface area contributed by atoms with E-state index in [2.05, 4.69) is 34.8 Å². The van der Waals surface area contributed by atoms with E-state index in [4.69, 9.17) is 19.9 Å². The number of nitrogens with zero attached hydrogens (tertiary/aromatic N) is 1. The maximum Gasteiger partial charge on any atom is 0.219 e. The summed E-state index contributed by atoms with van der Waals surface area (Å²) < 4.78 is 16.7. The Morgan fingerprint density at radius 3 is 1.09 bits per heavy atom. The van der Waals surface area contributed by atoms with Crippen molar-refractivity contribution in [2.45, 2.75) is 258 Å². The lowest BCUT2D eigenvalue weighted by Gasteiger charge is -2.70. The van der Waals surface area contributed by atoms with Gasteiger partial charge in [-0.1, -0.05) is 13.5 Å². The molecule has 394 valence electrons. The number of nitrogens with one attached hydrogen (secondary N) is 4. The third-order valence-corrected chi connectivity index (χ3v) is 18.6. The monoisotopic (exact) mass is 981 g/mol. The fraction of sp³-hybridized carbons (Fsp3) is 0.870. The van der Waals surface area contributed by atoms with E-state index in [1.54, 1.807) is 51.9 Å². The lowest BCUT2D eigenvalue weighted by Crippen LogP contribution is -2.79. The van der Waals surface area contributed by atoms with Gasteiger partial charge in [0.2, 0.25) is 29.5 Å². The highest BCUT2D eigenvalue weighted by molar-refractivity contribution is 5.76. The zero-order valence-electron chi connectivity index (χ0n) is 44.3. The van der Waals surface area contributed by atoms with Gasteiger partial charge in [0, 0.05) is 96.3 Å². The van der Waals surface area contributed by atoms with E-state index in [-0.39, 0.29) is 79.6 Å². The van der Waals surface area contributed by atoms with E-state index >= 15 is 0 Å². The van der Waals surface area contributed by atoms with Gasteiger partial charge in [0.1, 0.15) is 5.60 Å². The Morgan fingerprint density at radius 1 is 0.543 bits per heavy atom. The molecule has 0 heterocycles. The van der Waals surface area contributed by atoms with Gasteiger partial charge in [-0.25, -0.2) is 0 Å². The van der Waals surface area contributed by atoms with Gasteiger partial charge in [-0.3, -0.25) is 24.0 Å². The summed E-state index contributed by atoms with van der Waals surface area (Å²) >= 11 is 0. The molecule has 0 saturated heterocycles. The van der Waals surface area contributed by atoms with Crippen molar-refractivity contribution in [3.05, 3.63) is 12.3 Å². The highest BCUT2D eigenvalue weighted by Crippen LogP contribution is 2.66. The van der Waals surface area contributed by atoms with Crippen molar-refractivity contribution in [3.63, 3.8) is 0 Å². The number of aliphatic hydroxyl groups is 2. The highest BCUT2D eigenvalue weighted by atomic mass is 16.5. The summed E-state index contributed by atoms with van der Waals surface area (Å²) in [5.74, 6) is 3.30. The Bertz CT molecular complexity index is 1970. The number of carbonyl (C=O) groups excluding carboxylic acids is 5. The van der Waals surface area contributed by atoms with Crippen LogP contribution in [-0.4, -0.2) is 126 Å². The van der Waals surface area contributed by atoms with Gasteiger partial charge in [-0.15, -0.1) is 0 Å². The molecular formula is C54H88N6O10. The van der Waals surface area contributed by atoms with Gasteiger partial charge in [0.15, 0.2) is 0 Å². The summed E-state index contributed by atoms with van der Waals surface area (Å²) in [5, 5.41) is 30.5. The standard InChI is InChI=1S/C10H15NO2.C9H15NO2.C8H13NO2.C7H11NO2.C7H11NO.C7H13NO.C6H10/c1-7(2)13-10-4-9(5-10,6-10)11-8(3)12;1-3-12-9-4-8(5-9,6-9)10-7(2)11;1-6(10)9(2)7-3-8(11,4-7)5-7;1-5(9)8-6-2-7(10,3-6)4-6;1-5(9)8-7-2-6(3-7)4-7;1-2-9-7-3-6(8,4-7)5-7;1-6-2-5(3-6)4-6/h1,4-6H2,2-3H3,(H,11,12);3-6H2,1-2H3,(H,10,11);11H,3-5H2,1-2H3;10H,2-4H2,1H3,(H,8,9);6H,2-4H2,1H3,(H,8,9);2-5,8H2,1H3;5H,2-4H2,1H3. The molecule has 0 aliphatic heterocycles. The molecule has 0 unspecified atom stereocenters. The third-order valence-electron chi connectivity index (χ3n) is 18.6. The Labute approximate surface area is 416 Å². The molecule has 16 nitrogen and oxygen atoms in total. The Balaban J connectivity index is 0.000000111. The summed E-state index contributed by atoms with van der Waals surface area (Å²) in [6.45, 7) is 21.5. The van der Waals surface area contributed by atoms with E-state index in [0.717, 1.165) is 127 Å². The average Bonchev–Trinajstić information content (AvgIpc) is 3.05. The van der Waals surface area contributed by atoms with Crippen LogP contribution in [0.25, 0.3) is 0 Å². The van der Waals surface area contributed by atoms with Gasteiger partial charge in [0.05, 0.1) is 39.2 Å². The van der Waals surface area contributed by atoms with Crippen molar-refractivity contribution in [3.8, 4) is 0 Å². The van der Waals surface area contributed by atoms with Crippen molar-refractivity contribution in [2.24, 2.45) is 23.0 Å². The van der Waals surface area contributed by atoms with Crippen LogP contribution >= 0.6 is 0 Å². The molecule has 0 aromatic carbocycles. The summed E-state index contributed by atoms with van der Waals surface area (Å²) in [6, 6.07) is 0. The van der Waals surface area contributed by atoms with E-state index in [9.17, 15) is 34.2 Å². The molecule has 0 spiro atoms. The molecule has 21 aliphatic rings. The normalized spacial score (nSPS) is 47.0. The van der Waals surface area contributed by atoms with Crippen molar-refractivity contribution in [1.82, 2.24) is 26.2 Å². The first-order valence-corrected chi connectivity index (χ1v) is 26.5. The summed E-state index contributed by atoms with van der Waals surface area (Å²) in [6.07, 6.45) is 22.3. The van der Waals surface area contributed by atoms with Crippen LogP contribution in [-0.2, 0) is 38.2 Å². The zero-order chi connectivity index (χ0) is 51.4. The van der Waals surface area contributed by atoms with Gasteiger partial charge in [-0.05, 0) is 154 Å². The van der Waals surface area contributed by atoms with Gasteiger partial charge >= 0.3 is 0 Å². The largest absolute Gasteiger partial charge is 0.492 e. The zero-order valence-corrected chi connectivity index (χ0v) is 44.3. The maximum atomic E-state index is 11.0. The van der Waals surface area contributed by atoms with Gasteiger partial charge < -0.3 is 56.3 Å². The molecule has 21 fully saturated rings. The molecule has 16 heteroatoms. The Hall–Kier alpha value is -3.31. The molecule has 0 radical (unpaired) electrons. The molecule has 0 atom stereocenters. The predicted octanol–water partition coefficient (Wildman–Crippen LogP) is 5.24. The van der Waals surface area contributed by atoms with Crippen LogP contribution in [0.1, 0.15) is 197 Å². The number of rotatable bonds is 11. The Morgan fingerprint density at radius 2 is 0.857 bits per heavy atom. The lowest BCUT2D eigenvalue weighted by atomic mass is 9.45.